The summed E-state index contributed by atoms with van der Waals surface area (Å²) < 4.78 is 0. The van der Waals surface area contributed by atoms with E-state index in [1.54, 1.807) is 0 Å². The standard InChI is InChI=1S/C24H25NO/c1-17-9-12-21(13-10-17)24(20-7-5-4-6-8-20)25-23(26)16-22-14-11-18(2)15-19(22)3/h4-15,24H,16H2,1-3H3,(H,25,26). The molecule has 1 N–H and O–H groups in total. The van der Waals surface area contributed by atoms with Crippen molar-refractivity contribution >= 4 is 5.91 Å². The molecule has 0 aliphatic carbocycles. The average Bonchev–Trinajstić information content (AvgIpc) is 2.64. The van der Waals surface area contributed by atoms with Crippen LogP contribution in [-0.4, -0.2) is 5.91 Å². The third-order valence-electron chi connectivity index (χ3n) is 4.70. The Morgan fingerprint density at radius 1 is 0.808 bits per heavy atom. The first-order valence-corrected chi connectivity index (χ1v) is 9.00. The number of aryl methyl sites for hydroxylation is 3. The number of rotatable bonds is 5. The van der Waals surface area contributed by atoms with Crippen LogP contribution in [0.5, 0.6) is 0 Å². The first kappa shape index (κ1) is 17.9. The predicted octanol–water partition coefficient (Wildman–Crippen LogP) is 5.06. The molecule has 0 aliphatic heterocycles. The molecule has 132 valence electrons. The van der Waals surface area contributed by atoms with Gasteiger partial charge in [-0.1, -0.05) is 83.9 Å². The second kappa shape index (κ2) is 8.01. The van der Waals surface area contributed by atoms with E-state index in [0.29, 0.717) is 6.42 Å². The number of hydrogen-bond donors (Lipinski definition) is 1. The van der Waals surface area contributed by atoms with Crippen molar-refractivity contribution in [3.8, 4) is 0 Å². The van der Waals surface area contributed by atoms with Gasteiger partial charge in [-0.15, -0.1) is 0 Å². The van der Waals surface area contributed by atoms with E-state index < -0.39 is 0 Å². The summed E-state index contributed by atoms with van der Waals surface area (Å²) in [4.78, 5) is 12.8. The molecule has 0 aromatic heterocycles. The van der Waals surface area contributed by atoms with Crippen LogP contribution in [0, 0.1) is 20.8 Å². The zero-order valence-corrected chi connectivity index (χ0v) is 15.6. The fourth-order valence-corrected chi connectivity index (χ4v) is 3.19. The highest BCUT2D eigenvalue weighted by molar-refractivity contribution is 5.80. The number of nitrogens with one attached hydrogen (secondary N) is 1. The SMILES string of the molecule is Cc1ccc(C(NC(=O)Cc2ccc(C)cc2C)c2ccccc2)cc1. The Morgan fingerprint density at radius 3 is 2.08 bits per heavy atom. The summed E-state index contributed by atoms with van der Waals surface area (Å²) in [6.07, 6.45) is 0.390. The second-order valence-electron chi connectivity index (χ2n) is 6.93. The number of benzene rings is 3. The van der Waals surface area contributed by atoms with E-state index >= 15 is 0 Å². The largest absolute Gasteiger partial charge is 0.345 e. The van der Waals surface area contributed by atoms with Gasteiger partial charge in [-0.2, -0.15) is 0 Å². The summed E-state index contributed by atoms with van der Waals surface area (Å²) in [6, 6.07) is 24.6. The maximum Gasteiger partial charge on any atom is 0.225 e. The highest BCUT2D eigenvalue weighted by Gasteiger charge is 2.17. The lowest BCUT2D eigenvalue weighted by Crippen LogP contribution is -2.30. The highest BCUT2D eigenvalue weighted by atomic mass is 16.1. The van der Waals surface area contributed by atoms with Crippen molar-refractivity contribution in [1.82, 2.24) is 5.32 Å². The van der Waals surface area contributed by atoms with Crippen LogP contribution in [0.2, 0.25) is 0 Å². The fraction of sp³-hybridized carbons (Fsp3) is 0.208. The van der Waals surface area contributed by atoms with Gasteiger partial charge in [-0.25, -0.2) is 0 Å². The van der Waals surface area contributed by atoms with Crippen molar-refractivity contribution in [3.63, 3.8) is 0 Å². The average molecular weight is 343 g/mol. The third-order valence-corrected chi connectivity index (χ3v) is 4.70. The van der Waals surface area contributed by atoms with E-state index in [4.69, 9.17) is 0 Å². The lowest BCUT2D eigenvalue weighted by atomic mass is 9.97. The minimum atomic E-state index is -0.143. The van der Waals surface area contributed by atoms with Crippen molar-refractivity contribution in [1.29, 1.82) is 0 Å². The molecule has 3 rings (SSSR count). The lowest BCUT2D eigenvalue weighted by Gasteiger charge is -2.20. The molecule has 0 saturated carbocycles. The minimum Gasteiger partial charge on any atom is -0.345 e. The molecule has 1 atom stereocenters. The zero-order valence-electron chi connectivity index (χ0n) is 15.6. The Balaban J connectivity index is 1.83. The maximum atomic E-state index is 12.8. The summed E-state index contributed by atoms with van der Waals surface area (Å²) in [5.74, 6) is 0.0337. The van der Waals surface area contributed by atoms with Crippen LogP contribution in [0.15, 0.2) is 72.8 Å². The van der Waals surface area contributed by atoms with E-state index in [0.717, 1.165) is 22.3 Å². The molecule has 0 spiro atoms. The molecule has 0 fully saturated rings. The number of carbonyl (C=O) groups is 1. The normalized spacial score (nSPS) is 11.8. The molecular formula is C24H25NO. The Hall–Kier alpha value is -2.87. The van der Waals surface area contributed by atoms with E-state index in [1.807, 2.05) is 24.3 Å². The molecule has 0 radical (unpaired) electrons. The predicted molar refractivity (Wildman–Crippen MR) is 107 cm³/mol. The molecule has 0 aliphatic rings. The van der Waals surface area contributed by atoms with Crippen LogP contribution in [0.1, 0.15) is 39.4 Å². The Kier molecular flexibility index (Phi) is 5.52. The molecule has 3 aromatic rings. The number of carbonyl (C=O) groups excluding carboxylic acids is 1. The molecule has 2 nitrogen and oxygen atoms in total. The summed E-state index contributed by atoms with van der Waals surface area (Å²) in [5.41, 5.74) is 6.84. The van der Waals surface area contributed by atoms with Gasteiger partial charge in [0, 0.05) is 0 Å². The van der Waals surface area contributed by atoms with Gasteiger partial charge in [0.1, 0.15) is 0 Å². The summed E-state index contributed by atoms with van der Waals surface area (Å²) in [7, 11) is 0. The molecule has 0 bridgehead atoms. The van der Waals surface area contributed by atoms with Gasteiger partial charge in [0.25, 0.3) is 0 Å². The van der Waals surface area contributed by atoms with Crippen molar-refractivity contribution < 1.29 is 4.79 Å². The molecule has 0 heterocycles. The van der Waals surface area contributed by atoms with Gasteiger partial charge in [-0.05, 0) is 43.0 Å². The highest BCUT2D eigenvalue weighted by Crippen LogP contribution is 2.23. The molecular weight excluding hydrogens is 318 g/mol. The van der Waals surface area contributed by atoms with Crippen molar-refractivity contribution in [3.05, 3.63) is 106 Å². The van der Waals surface area contributed by atoms with Crippen LogP contribution in [-0.2, 0) is 11.2 Å². The van der Waals surface area contributed by atoms with Crippen LogP contribution in [0.4, 0.5) is 0 Å². The van der Waals surface area contributed by atoms with Gasteiger partial charge in [-0.3, -0.25) is 4.79 Å². The monoisotopic (exact) mass is 343 g/mol. The Bertz CT molecular complexity index is 882. The topological polar surface area (TPSA) is 29.1 Å². The van der Waals surface area contributed by atoms with Gasteiger partial charge >= 0.3 is 0 Å². The third kappa shape index (κ3) is 4.40. The summed E-state index contributed by atoms with van der Waals surface area (Å²) in [6.45, 7) is 6.20. The second-order valence-corrected chi connectivity index (χ2v) is 6.93. The summed E-state index contributed by atoms with van der Waals surface area (Å²) >= 11 is 0. The van der Waals surface area contributed by atoms with E-state index in [9.17, 15) is 4.79 Å². The molecule has 3 aromatic carbocycles. The van der Waals surface area contributed by atoms with E-state index in [-0.39, 0.29) is 11.9 Å². The quantitative estimate of drug-likeness (QED) is 0.689. The van der Waals surface area contributed by atoms with Crippen LogP contribution >= 0.6 is 0 Å². The molecule has 1 amide bonds. The van der Waals surface area contributed by atoms with Gasteiger partial charge in [0.15, 0.2) is 0 Å². The molecule has 2 heteroatoms. The van der Waals surface area contributed by atoms with E-state index in [2.05, 4.69) is 74.6 Å². The van der Waals surface area contributed by atoms with Gasteiger partial charge in [0.2, 0.25) is 5.91 Å². The number of amides is 1. The van der Waals surface area contributed by atoms with E-state index in [1.165, 1.54) is 11.1 Å². The maximum absolute atomic E-state index is 12.8. The number of hydrogen-bond acceptors (Lipinski definition) is 1. The molecule has 1 unspecified atom stereocenters. The molecule has 26 heavy (non-hydrogen) atoms. The van der Waals surface area contributed by atoms with Crippen molar-refractivity contribution in [2.45, 2.75) is 33.2 Å². The summed E-state index contributed by atoms with van der Waals surface area (Å²) in [5, 5.41) is 3.22. The smallest absolute Gasteiger partial charge is 0.225 e. The van der Waals surface area contributed by atoms with Gasteiger partial charge < -0.3 is 5.32 Å². The van der Waals surface area contributed by atoms with Crippen LogP contribution in [0.25, 0.3) is 0 Å². The van der Waals surface area contributed by atoms with Crippen molar-refractivity contribution in [2.75, 3.05) is 0 Å². The van der Waals surface area contributed by atoms with Crippen LogP contribution < -0.4 is 5.32 Å². The van der Waals surface area contributed by atoms with Crippen LogP contribution in [0.3, 0.4) is 0 Å². The first-order valence-electron chi connectivity index (χ1n) is 9.00. The Morgan fingerprint density at radius 2 is 1.42 bits per heavy atom. The lowest BCUT2D eigenvalue weighted by molar-refractivity contribution is -0.120. The van der Waals surface area contributed by atoms with Gasteiger partial charge in [0.05, 0.1) is 12.5 Å². The first-order chi connectivity index (χ1) is 12.5. The Labute approximate surface area is 155 Å². The fourth-order valence-electron chi connectivity index (χ4n) is 3.19. The minimum absolute atomic E-state index is 0.0337. The zero-order chi connectivity index (χ0) is 18.5. The van der Waals surface area contributed by atoms with Crippen molar-refractivity contribution in [2.24, 2.45) is 0 Å². The molecule has 0 saturated heterocycles.